The zero-order valence-corrected chi connectivity index (χ0v) is 16.0. The summed E-state index contributed by atoms with van der Waals surface area (Å²) in [5, 5.41) is 8.27. The van der Waals surface area contributed by atoms with Gasteiger partial charge in [0.25, 0.3) is 5.91 Å². The predicted octanol–water partition coefficient (Wildman–Crippen LogP) is 3.86. The Balaban J connectivity index is 1.38. The van der Waals surface area contributed by atoms with Gasteiger partial charge in [-0.15, -0.1) is 0 Å². The van der Waals surface area contributed by atoms with Crippen molar-refractivity contribution in [2.75, 3.05) is 11.9 Å². The number of benzene rings is 2. The zero-order valence-electron chi connectivity index (χ0n) is 15.3. The highest BCUT2D eigenvalue weighted by molar-refractivity contribution is 6.31. The number of carbonyl (C=O) groups is 2. The van der Waals surface area contributed by atoms with E-state index in [1.807, 2.05) is 42.5 Å². The summed E-state index contributed by atoms with van der Waals surface area (Å²) < 4.78 is 6.77. The van der Waals surface area contributed by atoms with Crippen LogP contribution in [-0.2, 0) is 16.1 Å². The Morgan fingerprint density at radius 3 is 2.76 bits per heavy atom. The summed E-state index contributed by atoms with van der Waals surface area (Å²) in [5.74, 6) is -0.542. The van der Waals surface area contributed by atoms with E-state index >= 15 is 0 Å². The number of H-pyrrole nitrogens is 1. The average Bonchev–Trinajstić information content (AvgIpc) is 3.35. The normalized spacial score (nSPS) is 10.8. The Kier molecular flexibility index (Phi) is 5.31. The molecule has 0 aliphatic carbocycles. The van der Waals surface area contributed by atoms with Crippen LogP contribution in [0.5, 0.6) is 0 Å². The number of hydrogen-bond donors (Lipinski definition) is 2. The number of nitrogens with one attached hydrogen (secondary N) is 2. The van der Waals surface area contributed by atoms with Gasteiger partial charge in [-0.05, 0) is 17.7 Å². The van der Waals surface area contributed by atoms with Gasteiger partial charge in [0, 0.05) is 28.2 Å². The van der Waals surface area contributed by atoms with Crippen molar-refractivity contribution in [1.82, 2.24) is 14.8 Å². The lowest BCUT2D eigenvalue weighted by Crippen LogP contribution is -2.22. The number of fused-ring (bicyclic) bond motifs is 1. The van der Waals surface area contributed by atoms with Crippen molar-refractivity contribution < 1.29 is 14.3 Å². The van der Waals surface area contributed by atoms with Crippen LogP contribution in [0.2, 0.25) is 5.02 Å². The smallest absolute Gasteiger partial charge is 0.340 e. The lowest BCUT2D eigenvalue weighted by molar-refractivity contribution is -0.119. The van der Waals surface area contributed by atoms with Crippen LogP contribution < -0.4 is 5.32 Å². The third kappa shape index (κ3) is 4.14. The quantitative estimate of drug-likeness (QED) is 0.474. The van der Waals surface area contributed by atoms with Crippen molar-refractivity contribution in [2.45, 2.75) is 6.54 Å². The van der Waals surface area contributed by atoms with Crippen LogP contribution in [0.1, 0.15) is 15.9 Å². The first-order valence-electron chi connectivity index (χ1n) is 8.90. The van der Waals surface area contributed by atoms with Crippen molar-refractivity contribution in [2.24, 2.45) is 0 Å². The topological polar surface area (TPSA) is 89.0 Å². The van der Waals surface area contributed by atoms with E-state index in [4.69, 9.17) is 16.3 Å². The molecule has 4 aromatic rings. The van der Waals surface area contributed by atoms with Crippen LogP contribution in [0.25, 0.3) is 10.9 Å². The van der Waals surface area contributed by atoms with Crippen LogP contribution in [0.4, 0.5) is 5.82 Å². The Morgan fingerprint density at radius 2 is 1.90 bits per heavy atom. The highest BCUT2D eigenvalue weighted by Crippen LogP contribution is 2.19. The molecule has 7 nitrogen and oxygen atoms in total. The number of ether oxygens (including phenoxy) is 1. The van der Waals surface area contributed by atoms with E-state index in [1.165, 1.54) is 0 Å². The van der Waals surface area contributed by atoms with Crippen molar-refractivity contribution >= 4 is 40.2 Å². The van der Waals surface area contributed by atoms with Gasteiger partial charge in [0.05, 0.1) is 18.3 Å². The number of aromatic amines is 1. The molecule has 0 saturated heterocycles. The van der Waals surface area contributed by atoms with E-state index in [2.05, 4.69) is 15.4 Å². The number of rotatable bonds is 6. The second-order valence-corrected chi connectivity index (χ2v) is 6.74. The molecule has 146 valence electrons. The molecular formula is C21H17ClN4O3. The van der Waals surface area contributed by atoms with Crippen molar-refractivity contribution in [3.05, 3.63) is 83.1 Å². The summed E-state index contributed by atoms with van der Waals surface area (Å²) in [4.78, 5) is 27.6. The summed E-state index contributed by atoms with van der Waals surface area (Å²) in [6.07, 6.45) is 3.15. The van der Waals surface area contributed by atoms with E-state index < -0.39 is 18.5 Å². The van der Waals surface area contributed by atoms with Crippen LogP contribution in [-0.4, -0.2) is 33.2 Å². The fourth-order valence-corrected chi connectivity index (χ4v) is 3.18. The van der Waals surface area contributed by atoms with Gasteiger partial charge in [0.1, 0.15) is 5.82 Å². The fourth-order valence-electron chi connectivity index (χ4n) is 2.98. The molecule has 2 N–H and O–H groups in total. The lowest BCUT2D eigenvalue weighted by Gasteiger charge is -2.10. The van der Waals surface area contributed by atoms with Crippen molar-refractivity contribution in [3.8, 4) is 0 Å². The SMILES string of the molecule is O=C(COC(=O)c1c[nH]c2ccccc12)Nc1ccnn1Cc1ccccc1Cl. The number of amides is 1. The second kappa shape index (κ2) is 8.20. The molecule has 0 aliphatic heterocycles. The molecule has 2 aromatic carbocycles. The third-order valence-corrected chi connectivity index (χ3v) is 4.77. The molecule has 0 unspecified atom stereocenters. The average molecular weight is 409 g/mol. The number of carbonyl (C=O) groups excluding carboxylic acids is 2. The van der Waals surface area contributed by atoms with Gasteiger partial charge in [0.15, 0.2) is 6.61 Å². The van der Waals surface area contributed by atoms with Crippen LogP contribution >= 0.6 is 11.6 Å². The molecule has 2 aromatic heterocycles. The third-order valence-electron chi connectivity index (χ3n) is 4.41. The van der Waals surface area contributed by atoms with Crippen LogP contribution in [0.15, 0.2) is 67.0 Å². The summed E-state index contributed by atoms with van der Waals surface area (Å²) in [7, 11) is 0. The van der Waals surface area contributed by atoms with Gasteiger partial charge in [-0.25, -0.2) is 9.48 Å². The molecule has 2 heterocycles. The van der Waals surface area contributed by atoms with Gasteiger partial charge in [0.2, 0.25) is 0 Å². The molecule has 0 aliphatic rings. The largest absolute Gasteiger partial charge is 0.452 e. The summed E-state index contributed by atoms with van der Waals surface area (Å²) in [6, 6.07) is 16.5. The van der Waals surface area contributed by atoms with Gasteiger partial charge in [-0.3, -0.25) is 4.79 Å². The maximum absolute atomic E-state index is 12.3. The van der Waals surface area contributed by atoms with Gasteiger partial charge in [-0.2, -0.15) is 5.10 Å². The highest BCUT2D eigenvalue weighted by Gasteiger charge is 2.16. The minimum Gasteiger partial charge on any atom is -0.452 e. The number of aromatic nitrogens is 3. The lowest BCUT2D eigenvalue weighted by atomic mass is 10.2. The highest BCUT2D eigenvalue weighted by atomic mass is 35.5. The molecule has 0 saturated carbocycles. The number of esters is 1. The second-order valence-electron chi connectivity index (χ2n) is 6.34. The Morgan fingerprint density at radius 1 is 1.10 bits per heavy atom. The fraction of sp³-hybridized carbons (Fsp3) is 0.0952. The van der Waals surface area contributed by atoms with Crippen LogP contribution in [0, 0.1) is 0 Å². The van der Waals surface area contributed by atoms with E-state index in [0.29, 0.717) is 22.9 Å². The minimum absolute atomic E-state index is 0.386. The molecule has 1 amide bonds. The molecule has 0 spiro atoms. The zero-order chi connectivity index (χ0) is 20.2. The standard InChI is InChI=1S/C21H17ClN4O3/c22-17-7-3-1-5-14(17)12-26-19(9-10-24-26)25-20(27)13-29-21(28)16-11-23-18-8-4-2-6-15(16)18/h1-11,23H,12-13H2,(H,25,27). The number of hydrogen-bond acceptors (Lipinski definition) is 4. The molecular weight excluding hydrogens is 392 g/mol. The predicted molar refractivity (Wildman–Crippen MR) is 110 cm³/mol. The number of halogens is 1. The molecule has 29 heavy (non-hydrogen) atoms. The number of anilines is 1. The molecule has 4 rings (SSSR count). The van der Waals surface area contributed by atoms with Crippen LogP contribution in [0.3, 0.4) is 0 Å². The first-order valence-corrected chi connectivity index (χ1v) is 9.28. The van der Waals surface area contributed by atoms with E-state index in [9.17, 15) is 9.59 Å². The Bertz CT molecular complexity index is 1180. The molecule has 0 bridgehead atoms. The molecule has 0 atom stereocenters. The molecule has 0 fully saturated rings. The van der Waals surface area contributed by atoms with E-state index in [1.54, 1.807) is 29.2 Å². The van der Waals surface area contributed by atoms with Gasteiger partial charge < -0.3 is 15.0 Å². The summed E-state index contributed by atoms with van der Waals surface area (Å²) in [6.45, 7) is -0.00692. The van der Waals surface area contributed by atoms with Gasteiger partial charge in [-0.1, -0.05) is 48.0 Å². The Hall–Kier alpha value is -3.58. The van der Waals surface area contributed by atoms with E-state index in [-0.39, 0.29) is 0 Å². The Labute approximate surface area is 171 Å². The summed E-state index contributed by atoms with van der Waals surface area (Å²) in [5.41, 5.74) is 2.09. The monoisotopic (exact) mass is 408 g/mol. The number of para-hydroxylation sites is 1. The maximum Gasteiger partial charge on any atom is 0.340 e. The first kappa shape index (κ1) is 18.8. The van der Waals surface area contributed by atoms with E-state index in [0.717, 1.165) is 16.5 Å². The van der Waals surface area contributed by atoms with Crippen molar-refractivity contribution in [3.63, 3.8) is 0 Å². The molecule has 0 radical (unpaired) electrons. The minimum atomic E-state index is -0.567. The van der Waals surface area contributed by atoms with Gasteiger partial charge >= 0.3 is 5.97 Å². The maximum atomic E-state index is 12.3. The first-order chi connectivity index (χ1) is 14.1. The number of nitrogens with zero attached hydrogens (tertiary/aromatic N) is 2. The molecule has 8 heteroatoms. The van der Waals surface area contributed by atoms with Crippen molar-refractivity contribution in [1.29, 1.82) is 0 Å². The summed E-state index contributed by atoms with van der Waals surface area (Å²) >= 11 is 6.19.